The summed E-state index contributed by atoms with van der Waals surface area (Å²) in [5.41, 5.74) is 0. The molecule has 0 aliphatic heterocycles. The Morgan fingerprint density at radius 3 is 2.71 bits per heavy atom. The van der Waals surface area contributed by atoms with Crippen LogP contribution in [0, 0.1) is 11.8 Å². The first-order valence-electron chi connectivity index (χ1n) is 9.87. The molecule has 0 bridgehead atoms. The Bertz CT molecular complexity index is 351. The van der Waals surface area contributed by atoms with E-state index in [1.807, 2.05) is 6.08 Å². The Morgan fingerprint density at radius 2 is 1.96 bits per heavy atom. The molecule has 1 fully saturated rings. The van der Waals surface area contributed by atoms with E-state index in [1.54, 1.807) is 7.11 Å². The highest BCUT2D eigenvalue weighted by atomic mass is 16.5. The third-order valence-corrected chi connectivity index (χ3v) is 5.06. The van der Waals surface area contributed by atoms with Crippen molar-refractivity contribution < 1.29 is 14.9 Å². The lowest BCUT2D eigenvalue weighted by atomic mass is 9.90. The predicted molar refractivity (Wildman–Crippen MR) is 101 cm³/mol. The Morgan fingerprint density at radius 1 is 1.12 bits per heavy atom. The number of aliphatic hydroxyl groups excluding tert-OH is 2. The highest BCUT2D eigenvalue weighted by Crippen LogP contribution is 2.36. The topological polar surface area (TPSA) is 49.7 Å². The van der Waals surface area contributed by atoms with Crippen LogP contribution in [-0.2, 0) is 4.74 Å². The largest absolute Gasteiger partial charge is 0.393 e. The molecular weight excluding hydrogens is 300 g/mol. The molecule has 1 aliphatic rings. The average molecular weight is 339 g/mol. The molecule has 3 nitrogen and oxygen atoms in total. The van der Waals surface area contributed by atoms with Crippen molar-refractivity contribution in [2.24, 2.45) is 11.8 Å². The molecule has 0 amide bonds. The molecule has 0 aromatic rings. The minimum Gasteiger partial charge on any atom is -0.393 e. The fourth-order valence-corrected chi connectivity index (χ4v) is 3.50. The van der Waals surface area contributed by atoms with E-state index in [2.05, 4.69) is 25.2 Å². The van der Waals surface area contributed by atoms with E-state index in [0.717, 1.165) is 51.6 Å². The quantitative estimate of drug-likeness (QED) is 0.380. The monoisotopic (exact) mass is 338 g/mol. The third kappa shape index (κ3) is 9.00. The molecule has 24 heavy (non-hydrogen) atoms. The van der Waals surface area contributed by atoms with Crippen LogP contribution in [0.5, 0.6) is 0 Å². The van der Waals surface area contributed by atoms with Crippen LogP contribution in [0.4, 0.5) is 0 Å². The molecule has 0 aromatic carbocycles. The van der Waals surface area contributed by atoms with Crippen LogP contribution in [0.3, 0.4) is 0 Å². The van der Waals surface area contributed by atoms with E-state index in [0.29, 0.717) is 5.92 Å². The molecule has 0 radical (unpaired) electrons. The maximum Gasteiger partial charge on any atom is 0.0721 e. The average Bonchev–Trinajstić information content (AvgIpc) is 2.92. The van der Waals surface area contributed by atoms with Crippen LogP contribution in [0.2, 0.25) is 0 Å². The number of rotatable bonds is 13. The minimum atomic E-state index is -0.360. The van der Waals surface area contributed by atoms with Gasteiger partial charge in [-0.15, -0.1) is 0 Å². The second-order valence-electron chi connectivity index (χ2n) is 7.13. The van der Waals surface area contributed by atoms with Crippen LogP contribution in [0.25, 0.3) is 0 Å². The van der Waals surface area contributed by atoms with Crippen molar-refractivity contribution in [3.8, 4) is 0 Å². The highest BCUT2D eigenvalue weighted by Gasteiger charge is 2.32. The summed E-state index contributed by atoms with van der Waals surface area (Å²) >= 11 is 0. The van der Waals surface area contributed by atoms with Gasteiger partial charge in [-0.1, -0.05) is 50.5 Å². The van der Waals surface area contributed by atoms with Crippen molar-refractivity contribution in [2.75, 3.05) is 13.7 Å². The van der Waals surface area contributed by atoms with Crippen LogP contribution >= 0.6 is 0 Å². The van der Waals surface area contributed by atoms with Crippen LogP contribution in [0.1, 0.15) is 71.1 Å². The molecule has 1 aliphatic carbocycles. The van der Waals surface area contributed by atoms with E-state index in [-0.39, 0.29) is 18.1 Å². The number of allylic oxidation sites excluding steroid dienone is 2. The van der Waals surface area contributed by atoms with E-state index < -0.39 is 0 Å². The van der Waals surface area contributed by atoms with E-state index >= 15 is 0 Å². The van der Waals surface area contributed by atoms with Crippen molar-refractivity contribution in [1.82, 2.24) is 0 Å². The zero-order chi connectivity index (χ0) is 17.6. The minimum absolute atomic E-state index is 0.198. The molecule has 4 atom stereocenters. The first kappa shape index (κ1) is 21.4. The fourth-order valence-electron chi connectivity index (χ4n) is 3.50. The standard InChI is InChI=1S/C21H38O3/c1-3-4-8-12-19(22)14-15-20-18(13-16-21(20)23)11-9-6-5-7-10-17-24-2/h6,9,14-15,18-23H,3-5,7-8,10-13,16-17H2,1-2H3/b9-6-,15-14+/t18-,19-,20+,21+/m0/s1. The number of unbranched alkanes of at least 4 members (excludes halogenated alkanes) is 4. The number of hydrogen-bond acceptors (Lipinski definition) is 3. The summed E-state index contributed by atoms with van der Waals surface area (Å²) in [5.74, 6) is 0.707. The zero-order valence-electron chi connectivity index (χ0n) is 15.7. The predicted octanol–water partition coefficient (Wildman–Crippen LogP) is 4.63. The first-order valence-corrected chi connectivity index (χ1v) is 9.87. The molecule has 0 spiro atoms. The third-order valence-electron chi connectivity index (χ3n) is 5.06. The van der Waals surface area contributed by atoms with E-state index in [1.165, 1.54) is 19.3 Å². The number of methoxy groups -OCH3 is 1. The fraction of sp³-hybridized carbons (Fsp3) is 0.810. The van der Waals surface area contributed by atoms with Crippen molar-refractivity contribution in [1.29, 1.82) is 0 Å². The molecule has 2 N–H and O–H groups in total. The Labute approximate surface area is 148 Å². The van der Waals surface area contributed by atoms with Crippen LogP contribution in [0.15, 0.2) is 24.3 Å². The van der Waals surface area contributed by atoms with Crippen molar-refractivity contribution in [3.05, 3.63) is 24.3 Å². The Balaban J connectivity index is 2.31. The van der Waals surface area contributed by atoms with Gasteiger partial charge in [-0.05, 0) is 50.9 Å². The molecule has 0 aromatic heterocycles. The van der Waals surface area contributed by atoms with Gasteiger partial charge in [-0.3, -0.25) is 0 Å². The van der Waals surface area contributed by atoms with Crippen molar-refractivity contribution >= 4 is 0 Å². The van der Waals surface area contributed by atoms with Gasteiger partial charge in [-0.2, -0.15) is 0 Å². The number of ether oxygens (including phenoxy) is 1. The first-order chi connectivity index (χ1) is 11.7. The second-order valence-corrected chi connectivity index (χ2v) is 7.13. The normalized spacial score (nSPS) is 25.9. The van der Waals surface area contributed by atoms with Crippen molar-refractivity contribution in [3.63, 3.8) is 0 Å². The summed E-state index contributed by atoms with van der Waals surface area (Å²) in [4.78, 5) is 0. The molecule has 1 saturated carbocycles. The van der Waals surface area contributed by atoms with E-state index in [4.69, 9.17) is 4.74 Å². The lowest BCUT2D eigenvalue weighted by Crippen LogP contribution is -2.17. The maximum absolute atomic E-state index is 10.2. The Kier molecular flexibility index (Phi) is 12.2. The van der Waals surface area contributed by atoms with Gasteiger partial charge in [0.15, 0.2) is 0 Å². The van der Waals surface area contributed by atoms with Gasteiger partial charge >= 0.3 is 0 Å². The van der Waals surface area contributed by atoms with Gasteiger partial charge in [0, 0.05) is 19.6 Å². The second kappa shape index (κ2) is 13.6. The lowest BCUT2D eigenvalue weighted by Gasteiger charge is -2.18. The summed E-state index contributed by atoms with van der Waals surface area (Å²) in [6.07, 6.45) is 18.6. The highest BCUT2D eigenvalue weighted by molar-refractivity contribution is 5.03. The van der Waals surface area contributed by atoms with Crippen LogP contribution in [-0.4, -0.2) is 36.1 Å². The maximum atomic E-state index is 10.2. The molecule has 0 saturated heterocycles. The number of aliphatic hydroxyl groups is 2. The molecule has 1 rings (SSSR count). The van der Waals surface area contributed by atoms with Gasteiger partial charge in [0.2, 0.25) is 0 Å². The summed E-state index contributed by atoms with van der Waals surface area (Å²) in [6.45, 7) is 3.02. The molecule has 0 unspecified atom stereocenters. The smallest absolute Gasteiger partial charge is 0.0721 e. The summed E-state index contributed by atoms with van der Waals surface area (Å²) in [6, 6.07) is 0. The van der Waals surface area contributed by atoms with Crippen LogP contribution < -0.4 is 0 Å². The summed E-state index contributed by atoms with van der Waals surface area (Å²) < 4.78 is 5.05. The molecular formula is C21H38O3. The summed E-state index contributed by atoms with van der Waals surface area (Å²) in [5, 5.41) is 20.2. The summed E-state index contributed by atoms with van der Waals surface area (Å²) in [7, 11) is 1.75. The van der Waals surface area contributed by atoms with Gasteiger partial charge in [0.05, 0.1) is 12.2 Å². The lowest BCUT2D eigenvalue weighted by molar-refractivity contribution is 0.140. The molecule has 140 valence electrons. The number of hydrogen-bond donors (Lipinski definition) is 2. The van der Waals surface area contributed by atoms with Gasteiger partial charge < -0.3 is 14.9 Å². The van der Waals surface area contributed by atoms with Gasteiger partial charge in [0.25, 0.3) is 0 Å². The van der Waals surface area contributed by atoms with Gasteiger partial charge in [0.1, 0.15) is 0 Å². The van der Waals surface area contributed by atoms with E-state index in [9.17, 15) is 10.2 Å². The van der Waals surface area contributed by atoms with Gasteiger partial charge in [-0.25, -0.2) is 0 Å². The zero-order valence-corrected chi connectivity index (χ0v) is 15.7. The Hall–Kier alpha value is -0.640. The SMILES string of the molecule is CCCCC[C@H](O)/C=C/[C@@H]1[C@@H](C/C=C\CCCCOC)CC[C@H]1O. The molecule has 0 heterocycles. The molecule has 3 heteroatoms. The van der Waals surface area contributed by atoms with Crippen molar-refractivity contribution in [2.45, 2.75) is 83.3 Å².